The van der Waals surface area contributed by atoms with E-state index in [0.29, 0.717) is 22.0 Å². The molecule has 0 radical (unpaired) electrons. The van der Waals surface area contributed by atoms with Crippen molar-refractivity contribution in [3.05, 3.63) is 58.4 Å². The van der Waals surface area contributed by atoms with Gasteiger partial charge in [-0.15, -0.1) is 0 Å². The molecule has 0 aliphatic heterocycles. The van der Waals surface area contributed by atoms with Crippen LogP contribution in [-0.2, 0) is 13.2 Å². The fourth-order valence-corrected chi connectivity index (χ4v) is 1.84. The molecule has 1 N–H and O–H groups in total. The van der Waals surface area contributed by atoms with Crippen molar-refractivity contribution in [3.63, 3.8) is 0 Å². The van der Waals surface area contributed by atoms with Crippen molar-refractivity contribution in [1.82, 2.24) is 4.98 Å². The summed E-state index contributed by atoms with van der Waals surface area (Å²) in [5.74, 6) is 0.533. The molecule has 1 aromatic heterocycles. The van der Waals surface area contributed by atoms with Crippen LogP contribution in [0, 0.1) is 11.3 Å². The maximum Gasteiger partial charge on any atom is 0.140 e. The molecule has 0 unspecified atom stereocenters. The Morgan fingerprint density at radius 2 is 2.21 bits per heavy atom. The summed E-state index contributed by atoms with van der Waals surface area (Å²) in [6.07, 6.45) is 1.56. The number of nitriles is 1. The van der Waals surface area contributed by atoms with Gasteiger partial charge in [-0.25, -0.2) is 4.98 Å². The summed E-state index contributed by atoms with van der Waals surface area (Å²) in [4.78, 5) is 3.88. The zero-order chi connectivity index (χ0) is 13.7. The lowest BCUT2D eigenvalue weighted by molar-refractivity contribution is 0.259. The van der Waals surface area contributed by atoms with E-state index in [4.69, 9.17) is 21.6 Å². The van der Waals surface area contributed by atoms with Crippen LogP contribution in [0.1, 0.15) is 16.8 Å². The monoisotopic (exact) mass is 274 g/mol. The topological polar surface area (TPSA) is 66.1 Å². The highest BCUT2D eigenvalue weighted by atomic mass is 35.5. The molecule has 5 heteroatoms. The average molecular weight is 275 g/mol. The normalized spacial score (nSPS) is 9.95. The van der Waals surface area contributed by atoms with Gasteiger partial charge in [0, 0.05) is 16.8 Å². The molecule has 2 rings (SSSR count). The number of halogens is 1. The van der Waals surface area contributed by atoms with Crippen molar-refractivity contribution < 1.29 is 9.84 Å². The predicted octanol–water partition coefficient (Wildman–Crippen LogP) is 2.68. The van der Waals surface area contributed by atoms with Gasteiger partial charge in [0.05, 0.1) is 6.61 Å². The number of aliphatic hydroxyl groups excluding tert-OH is 1. The van der Waals surface area contributed by atoms with E-state index in [9.17, 15) is 5.11 Å². The molecule has 4 nitrogen and oxygen atoms in total. The standard InChI is InChI=1S/C14H11ClN2O2/c15-13-2-1-3-14(12(13)8-18)19-9-10-4-5-17-11(6-10)7-16/h1-6,18H,8-9H2. The van der Waals surface area contributed by atoms with Crippen LogP contribution in [-0.4, -0.2) is 10.1 Å². The van der Waals surface area contributed by atoms with Gasteiger partial charge in [-0.05, 0) is 29.8 Å². The second-order valence-electron chi connectivity index (χ2n) is 3.82. The van der Waals surface area contributed by atoms with Gasteiger partial charge in [0.2, 0.25) is 0 Å². The second kappa shape index (κ2) is 6.19. The summed E-state index contributed by atoms with van der Waals surface area (Å²) in [5, 5.41) is 18.5. The first kappa shape index (κ1) is 13.3. The van der Waals surface area contributed by atoms with Gasteiger partial charge in [0.1, 0.15) is 24.1 Å². The number of aromatic nitrogens is 1. The third-order valence-electron chi connectivity index (χ3n) is 2.57. The molecule has 2 aromatic rings. The van der Waals surface area contributed by atoms with Gasteiger partial charge in [-0.2, -0.15) is 5.26 Å². The highest BCUT2D eigenvalue weighted by Crippen LogP contribution is 2.26. The SMILES string of the molecule is N#Cc1cc(COc2cccc(Cl)c2CO)ccn1. The molecule has 0 bridgehead atoms. The minimum Gasteiger partial charge on any atom is -0.488 e. The maximum atomic E-state index is 9.26. The number of pyridine rings is 1. The molecule has 0 fully saturated rings. The highest BCUT2D eigenvalue weighted by molar-refractivity contribution is 6.31. The van der Waals surface area contributed by atoms with Crippen LogP contribution < -0.4 is 4.74 Å². The first-order valence-corrected chi connectivity index (χ1v) is 5.98. The van der Waals surface area contributed by atoms with Gasteiger partial charge in [-0.1, -0.05) is 17.7 Å². The molecule has 0 aliphatic rings. The Hall–Kier alpha value is -2.09. The van der Waals surface area contributed by atoms with Crippen LogP contribution in [0.4, 0.5) is 0 Å². The quantitative estimate of drug-likeness (QED) is 0.931. The minimum absolute atomic E-state index is 0.186. The third kappa shape index (κ3) is 3.22. The van der Waals surface area contributed by atoms with E-state index in [2.05, 4.69) is 4.98 Å². The van der Waals surface area contributed by atoms with Crippen molar-refractivity contribution in [3.8, 4) is 11.8 Å². The fourth-order valence-electron chi connectivity index (χ4n) is 1.61. The summed E-state index contributed by atoms with van der Waals surface area (Å²) >= 11 is 5.97. The zero-order valence-corrected chi connectivity index (χ0v) is 10.8. The Bertz CT molecular complexity index is 623. The van der Waals surface area contributed by atoms with Gasteiger partial charge in [-0.3, -0.25) is 0 Å². The van der Waals surface area contributed by atoms with E-state index in [1.165, 1.54) is 0 Å². The summed E-state index contributed by atoms with van der Waals surface area (Å²) in [5.41, 5.74) is 1.73. The van der Waals surface area contributed by atoms with E-state index in [1.807, 2.05) is 6.07 Å². The number of aliphatic hydroxyl groups is 1. The lowest BCUT2D eigenvalue weighted by Gasteiger charge is -2.11. The average Bonchev–Trinajstić information content (AvgIpc) is 2.45. The molecule has 1 heterocycles. The smallest absolute Gasteiger partial charge is 0.140 e. The molecule has 0 saturated heterocycles. The van der Waals surface area contributed by atoms with Crippen molar-refractivity contribution >= 4 is 11.6 Å². The first-order chi connectivity index (χ1) is 9.24. The number of benzene rings is 1. The van der Waals surface area contributed by atoms with E-state index in [1.54, 1.807) is 36.5 Å². The summed E-state index contributed by atoms with van der Waals surface area (Å²) in [6.45, 7) is 0.0966. The number of hydrogen-bond acceptors (Lipinski definition) is 4. The van der Waals surface area contributed by atoms with Crippen LogP contribution >= 0.6 is 11.6 Å². The molecular formula is C14H11ClN2O2. The van der Waals surface area contributed by atoms with Gasteiger partial charge in [0.15, 0.2) is 0 Å². The van der Waals surface area contributed by atoms with E-state index in [0.717, 1.165) is 5.56 Å². The third-order valence-corrected chi connectivity index (χ3v) is 2.92. The largest absolute Gasteiger partial charge is 0.488 e. The van der Waals surface area contributed by atoms with Gasteiger partial charge in [0.25, 0.3) is 0 Å². The lowest BCUT2D eigenvalue weighted by Crippen LogP contribution is -2.00. The molecule has 0 spiro atoms. The van der Waals surface area contributed by atoms with Crippen molar-refractivity contribution in [2.45, 2.75) is 13.2 Å². The van der Waals surface area contributed by atoms with Gasteiger partial charge < -0.3 is 9.84 Å². The lowest BCUT2D eigenvalue weighted by atomic mass is 10.2. The predicted molar refractivity (Wildman–Crippen MR) is 70.7 cm³/mol. The van der Waals surface area contributed by atoms with Crippen LogP contribution in [0.5, 0.6) is 5.75 Å². The zero-order valence-electron chi connectivity index (χ0n) is 10.0. The van der Waals surface area contributed by atoms with Crippen LogP contribution in [0.2, 0.25) is 5.02 Å². The number of hydrogen-bond donors (Lipinski definition) is 1. The Morgan fingerprint density at radius 1 is 1.37 bits per heavy atom. The summed E-state index contributed by atoms with van der Waals surface area (Å²) in [6, 6.07) is 10.6. The van der Waals surface area contributed by atoms with E-state index < -0.39 is 0 Å². The Kier molecular flexibility index (Phi) is 4.35. The molecule has 0 saturated carbocycles. The Labute approximate surface area is 115 Å². The van der Waals surface area contributed by atoms with Crippen molar-refractivity contribution in [1.29, 1.82) is 5.26 Å². The summed E-state index contributed by atoms with van der Waals surface area (Å²) < 4.78 is 5.61. The first-order valence-electron chi connectivity index (χ1n) is 5.60. The van der Waals surface area contributed by atoms with E-state index in [-0.39, 0.29) is 13.2 Å². The van der Waals surface area contributed by atoms with Crippen LogP contribution in [0.25, 0.3) is 0 Å². The Balaban J connectivity index is 2.15. The maximum absolute atomic E-state index is 9.26. The molecule has 0 aliphatic carbocycles. The molecule has 1 aromatic carbocycles. The number of rotatable bonds is 4. The molecule has 0 amide bonds. The molecule has 19 heavy (non-hydrogen) atoms. The summed E-state index contributed by atoms with van der Waals surface area (Å²) in [7, 11) is 0. The fraction of sp³-hybridized carbons (Fsp3) is 0.143. The molecule has 96 valence electrons. The minimum atomic E-state index is -0.186. The second-order valence-corrected chi connectivity index (χ2v) is 4.23. The number of ether oxygens (including phenoxy) is 1. The molecule has 0 atom stereocenters. The molecular weight excluding hydrogens is 264 g/mol. The van der Waals surface area contributed by atoms with Crippen LogP contribution in [0.15, 0.2) is 36.5 Å². The van der Waals surface area contributed by atoms with E-state index >= 15 is 0 Å². The van der Waals surface area contributed by atoms with Gasteiger partial charge >= 0.3 is 0 Å². The van der Waals surface area contributed by atoms with Crippen LogP contribution in [0.3, 0.4) is 0 Å². The van der Waals surface area contributed by atoms with Crippen molar-refractivity contribution in [2.24, 2.45) is 0 Å². The van der Waals surface area contributed by atoms with Crippen molar-refractivity contribution in [2.75, 3.05) is 0 Å². The highest BCUT2D eigenvalue weighted by Gasteiger charge is 2.07. The Morgan fingerprint density at radius 3 is 2.95 bits per heavy atom. The number of nitrogens with zero attached hydrogens (tertiary/aromatic N) is 2.